The molecule has 0 atom stereocenters. The Morgan fingerprint density at radius 1 is 1.19 bits per heavy atom. The van der Waals surface area contributed by atoms with E-state index in [9.17, 15) is 10.1 Å². The van der Waals surface area contributed by atoms with Crippen LogP contribution in [0.3, 0.4) is 0 Å². The predicted molar refractivity (Wildman–Crippen MR) is 107 cm³/mol. The number of aromatic nitrogens is 1. The van der Waals surface area contributed by atoms with Gasteiger partial charge in [0.25, 0.3) is 0 Å². The number of hydrogen-bond acceptors (Lipinski definition) is 4. The van der Waals surface area contributed by atoms with E-state index >= 15 is 0 Å². The van der Waals surface area contributed by atoms with Crippen molar-refractivity contribution in [3.63, 3.8) is 0 Å². The number of hydrogen-bond donors (Lipinski definition) is 0. The Bertz CT molecular complexity index is 730. The van der Waals surface area contributed by atoms with Gasteiger partial charge >= 0.3 is 0 Å². The molecule has 27 heavy (non-hydrogen) atoms. The Hall–Kier alpha value is -1.54. The van der Waals surface area contributed by atoms with Gasteiger partial charge in [-0.25, -0.2) is 4.98 Å². The minimum Gasteiger partial charge on any atom is -0.343 e. The second-order valence-corrected chi connectivity index (χ2v) is 9.68. The van der Waals surface area contributed by atoms with Gasteiger partial charge in [0, 0.05) is 24.2 Å². The van der Waals surface area contributed by atoms with Crippen molar-refractivity contribution >= 4 is 17.7 Å². The molecule has 0 spiro atoms. The highest BCUT2D eigenvalue weighted by Crippen LogP contribution is 2.60. The van der Waals surface area contributed by atoms with Crippen molar-refractivity contribution in [1.82, 2.24) is 9.88 Å². The van der Waals surface area contributed by atoms with Gasteiger partial charge in [-0.2, -0.15) is 5.26 Å². The minimum atomic E-state index is 0.121. The average Bonchev–Trinajstić information content (AvgIpc) is 2.66. The number of nitrogens with zero attached hydrogens (tertiary/aromatic N) is 3. The molecule has 1 aromatic heterocycles. The van der Waals surface area contributed by atoms with Crippen LogP contribution >= 0.6 is 11.8 Å². The molecule has 5 heteroatoms. The Kier molecular flexibility index (Phi) is 5.20. The third-order valence-electron chi connectivity index (χ3n) is 7.01. The molecule has 0 radical (unpaired) electrons. The van der Waals surface area contributed by atoms with Gasteiger partial charge in [-0.05, 0) is 82.3 Å². The summed E-state index contributed by atoms with van der Waals surface area (Å²) >= 11 is 1.43. The van der Waals surface area contributed by atoms with Crippen molar-refractivity contribution in [3.8, 4) is 6.07 Å². The number of pyridine rings is 1. The molecule has 4 bridgehead atoms. The first-order valence-electron chi connectivity index (χ1n) is 10.4. The first kappa shape index (κ1) is 18.8. The zero-order valence-electron chi connectivity index (χ0n) is 16.4. The average molecular weight is 384 g/mol. The van der Waals surface area contributed by atoms with Gasteiger partial charge in [-0.1, -0.05) is 11.8 Å². The van der Waals surface area contributed by atoms with Crippen LogP contribution in [0.1, 0.15) is 63.6 Å². The number of nitriles is 1. The fourth-order valence-electron chi connectivity index (χ4n) is 6.15. The van der Waals surface area contributed by atoms with Crippen molar-refractivity contribution in [1.29, 1.82) is 5.26 Å². The third kappa shape index (κ3) is 3.49. The van der Waals surface area contributed by atoms with E-state index in [1.807, 2.05) is 24.8 Å². The van der Waals surface area contributed by atoms with E-state index in [1.165, 1.54) is 56.0 Å². The number of carbonyl (C=O) groups is 1. The zero-order chi connectivity index (χ0) is 19.0. The number of rotatable bonds is 6. The van der Waals surface area contributed by atoms with E-state index < -0.39 is 0 Å². The van der Waals surface area contributed by atoms with Crippen molar-refractivity contribution in [2.75, 3.05) is 18.8 Å². The lowest BCUT2D eigenvalue weighted by Gasteiger charge is -2.56. The minimum absolute atomic E-state index is 0.121. The van der Waals surface area contributed by atoms with Crippen LogP contribution < -0.4 is 0 Å². The molecule has 0 N–H and O–H groups in total. The van der Waals surface area contributed by atoms with Gasteiger partial charge in [0.1, 0.15) is 11.1 Å². The molecule has 5 rings (SSSR count). The number of carbonyl (C=O) groups excluding carboxylic acids is 1. The van der Waals surface area contributed by atoms with Crippen LogP contribution in [-0.2, 0) is 10.2 Å². The van der Waals surface area contributed by atoms with E-state index in [1.54, 1.807) is 0 Å². The van der Waals surface area contributed by atoms with Crippen molar-refractivity contribution in [3.05, 3.63) is 23.4 Å². The molecule has 1 heterocycles. The van der Waals surface area contributed by atoms with Crippen LogP contribution in [0.5, 0.6) is 0 Å². The summed E-state index contributed by atoms with van der Waals surface area (Å²) in [6.45, 7) is 5.45. The standard InChI is InChI=1S/C22H29N3OS/c1-3-25(4-2)20(26)14-27-21-18(13-23)5-6-19(24-21)22-10-15-7-16(11-22)9-17(8-15)12-22/h5-6,15-17H,3-4,7-12,14H2,1-2H3. The summed E-state index contributed by atoms with van der Waals surface area (Å²) in [7, 11) is 0. The summed E-state index contributed by atoms with van der Waals surface area (Å²) in [6, 6.07) is 6.30. The third-order valence-corrected chi connectivity index (χ3v) is 7.99. The van der Waals surface area contributed by atoms with Crippen LogP contribution in [0.25, 0.3) is 0 Å². The number of amides is 1. The lowest BCUT2D eigenvalue weighted by atomic mass is 9.49. The first-order chi connectivity index (χ1) is 13.1. The topological polar surface area (TPSA) is 57.0 Å². The molecule has 4 aliphatic rings. The normalized spacial score (nSPS) is 30.9. The van der Waals surface area contributed by atoms with Crippen LogP contribution in [-0.4, -0.2) is 34.6 Å². The predicted octanol–water partition coefficient (Wildman–Crippen LogP) is 4.38. The lowest BCUT2D eigenvalue weighted by Crippen LogP contribution is -2.49. The highest BCUT2D eigenvalue weighted by atomic mass is 32.2. The van der Waals surface area contributed by atoms with Crippen molar-refractivity contribution in [2.45, 2.75) is 62.8 Å². The highest BCUT2D eigenvalue weighted by Gasteiger charge is 2.52. The first-order valence-corrected chi connectivity index (χ1v) is 11.4. The molecular formula is C22H29N3OS. The molecule has 0 saturated heterocycles. The molecular weight excluding hydrogens is 354 g/mol. The maximum Gasteiger partial charge on any atom is 0.232 e. The SMILES string of the molecule is CCN(CC)C(=O)CSc1nc(C23CC4CC(CC(C4)C2)C3)ccc1C#N. The summed E-state index contributed by atoms with van der Waals surface area (Å²) in [5.74, 6) is 3.08. The largest absolute Gasteiger partial charge is 0.343 e. The molecule has 4 nitrogen and oxygen atoms in total. The maximum absolute atomic E-state index is 12.4. The second kappa shape index (κ2) is 7.47. The summed E-state index contributed by atoms with van der Waals surface area (Å²) in [6.07, 6.45) is 8.03. The summed E-state index contributed by atoms with van der Waals surface area (Å²) in [5.41, 5.74) is 2.00. The van der Waals surface area contributed by atoms with Crippen LogP contribution in [0.4, 0.5) is 0 Å². The van der Waals surface area contributed by atoms with Gasteiger partial charge in [-0.3, -0.25) is 4.79 Å². The molecule has 4 fully saturated rings. The van der Waals surface area contributed by atoms with Crippen LogP contribution in [0, 0.1) is 29.1 Å². The van der Waals surface area contributed by atoms with E-state index in [2.05, 4.69) is 12.1 Å². The monoisotopic (exact) mass is 383 g/mol. The molecule has 1 amide bonds. The maximum atomic E-state index is 12.4. The van der Waals surface area contributed by atoms with Gasteiger partial charge in [0.15, 0.2) is 0 Å². The fourth-order valence-corrected chi connectivity index (χ4v) is 7.03. The molecule has 0 unspecified atom stereocenters. The molecule has 144 valence electrons. The van der Waals surface area contributed by atoms with Gasteiger partial charge < -0.3 is 4.90 Å². The molecule has 0 aromatic carbocycles. The van der Waals surface area contributed by atoms with E-state index in [0.717, 1.165) is 35.9 Å². The van der Waals surface area contributed by atoms with Gasteiger partial charge in [0.05, 0.1) is 11.3 Å². The summed E-state index contributed by atoms with van der Waals surface area (Å²) < 4.78 is 0. The Balaban J connectivity index is 1.57. The summed E-state index contributed by atoms with van der Waals surface area (Å²) in [4.78, 5) is 19.2. The Morgan fingerprint density at radius 3 is 2.30 bits per heavy atom. The van der Waals surface area contributed by atoms with E-state index in [4.69, 9.17) is 4.98 Å². The van der Waals surface area contributed by atoms with Crippen molar-refractivity contribution < 1.29 is 4.79 Å². The van der Waals surface area contributed by atoms with Gasteiger partial charge in [0.2, 0.25) is 5.91 Å². The van der Waals surface area contributed by atoms with Crippen LogP contribution in [0.15, 0.2) is 17.2 Å². The quantitative estimate of drug-likeness (QED) is 0.684. The van der Waals surface area contributed by atoms with E-state index in [-0.39, 0.29) is 11.3 Å². The van der Waals surface area contributed by atoms with Crippen LogP contribution in [0.2, 0.25) is 0 Å². The zero-order valence-corrected chi connectivity index (χ0v) is 17.2. The fraction of sp³-hybridized carbons (Fsp3) is 0.682. The van der Waals surface area contributed by atoms with Gasteiger partial charge in [-0.15, -0.1) is 0 Å². The summed E-state index contributed by atoms with van der Waals surface area (Å²) in [5, 5.41) is 10.3. The van der Waals surface area contributed by atoms with E-state index in [0.29, 0.717) is 11.3 Å². The highest BCUT2D eigenvalue weighted by molar-refractivity contribution is 7.99. The van der Waals surface area contributed by atoms with Crippen molar-refractivity contribution in [2.24, 2.45) is 17.8 Å². The Morgan fingerprint density at radius 2 is 1.78 bits per heavy atom. The Labute approximate surface area is 166 Å². The molecule has 0 aliphatic heterocycles. The smallest absolute Gasteiger partial charge is 0.232 e. The lowest BCUT2D eigenvalue weighted by molar-refractivity contribution is -0.127. The molecule has 4 aliphatic carbocycles. The second-order valence-electron chi connectivity index (χ2n) is 8.71. The molecule has 4 saturated carbocycles. The molecule has 1 aromatic rings. The number of thioether (sulfide) groups is 1.